The molecule has 0 bridgehead atoms. The lowest BCUT2D eigenvalue weighted by Gasteiger charge is -2.34. The molecule has 0 amide bonds. The predicted octanol–water partition coefficient (Wildman–Crippen LogP) is 7.72. The van der Waals surface area contributed by atoms with Gasteiger partial charge in [0.2, 0.25) is 5.82 Å². The van der Waals surface area contributed by atoms with Gasteiger partial charge in [0.05, 0.1) is 16.1 Å². The molecular weight excluding hydrogens is 713 g/mol. The molecule has 11 aromatic rings. The van der Waals surface area contributed by atoms with Gasteiger partial charge >= 0.3 is 5.95 Å². The molecule has 7 heteroatoms. The van der Waals surface area contributed by atoms with Crippen molar-refractivity contribution in [3.05, 3.63) is 212 Å². The van der Waals surface area contributed by atoms with Gasteiger partial charge < -0.3 is 0 Å². The van der Waals surface area contributed by atoms with E-state index in [-0.39, 0.29) is 0 Å². The quantitative estimate of drug-likeness (QED) is 0.0954. The Balaban J connectivity index is 1.22. The molecule has 8 aromatic carbocycles. The topological polar surface area (TPSA) is 52.4 Å². The molecule has 268 valence electrons. The van der Waals surface area contributed by atoms with E-state index in [9.17, 15) is 0 Å². The van der Waals surface area contributed by atoms with Crippen molar-refractivity contribution in [2.24, 2.45) is 0 Å². The van der Waals surface area contributed by atoms with Crippen LogP contribution in [0, 0.1) is 0 Å². The Morgan fingerprint density at radius 3 is 1.26 bits per heavy atom. The number of rotatable bonds is 7. The van der Waals surface area contributed by atoms with Gasteiger partial charge in [-0.25, -0.2) is 0 Å². The van der Waals surface area contributed by atoms with Crippen LogP contribution in [0.25, 0.3) is 60.9 Å². The highest BCUT2D eigenvalue weighted by Crippen LogP contribution is 2.31. The van der Waals surface area contributed by atoms with Gasteiger partial charge in [-0.15, -0.1) is 0 Å². The normalized spacial score (nSPS) is 11.9. The number of para-hydroxylation sites is 4. The Morgan fingerprint density at radius 1 is 0.368 bits per heavy atom. The average molecular weight is 748 g/mol. The summed E-state index contributed by atoms with van der Waals surface area (Å²) in [6.07, 6.45) is 0. The zero-order chi connectivity index (χ0) is 37.8. The van der Waals surface area contributed by atoms with E-state index in [4.69, 9.17) is 15.2 Å². The molecule has 0 aliphatic rings. The van der Waals surface area contributed by atoms with Gasteiger partial charge in [-0.05, 0) is 45.0 Å². The molecule has 0 saturated carbocycles. The lowest BCUT2D eigenvalue weighted by atomic mass is 10.2. The molecule has 3 heterocycles. The average Bonchev–Trinajstić information content (AvgIpc) is 3.81. The van der Waals surface area contributed by atoms with E-state index in [1.807, 2.05) is 0 Å². The van der Waals surface area contributed by atoms with Crippen molar-refractivity contribution < 1.29 is 4.91 Å². The fraction of sp³-hybridized carbons (Fsp3) is 0. The third-order valence-corrected chi connectivity index (χ3v) is 16.0. The SMILES string of the molecule is c1ccc([Si](c2ccccc2)(c2ccccc2)c2cccc(-c3nc(-n4c5ccccc5c5ccccc54)n[n+](-n4c5ccccc5c5ccccc54)n3)c2)cc1. The Hall–Kier alpha value is -7.48. The highest BCUT2D eigenvalue weighted by atomic mass is 28.3. The maximum absolute atomic E-state index is 5.38. The molecule has 3 aromatic heterocycles. The molecular formula is C50H35N6Si+. The number of fused-ring (bicyclic) bond motifs is 6. The molecule has 0 spiro atoms. The van der Waals surface area contributed by atoms with Crippen molar-refractivity contribution in [1.29, 1.82) is 0 Å². The summed E-state index contributed by atoms with van der Waals surface area (Å²) >= 11 is 0. The van der Waals surface area contributed by atoms with Crippen LogP contribution in [0.15, 0.2) is 212 Å². The molecule has 0 fully saturated rings. The van der Waals surface area contributed by atoms with Gasteiger partial charge in [-0.1, -0.05) is 193 Å². The van der Waals surface area contributed by atoms with E-state index >= 15 is 0 Å². The summed E-state index contributed by atoms with van der Waals surface area (Å²) < 4.78 is 4.27. The van der Waals surface area contributed by atoms with Crippen LogP contribution in [0.2, 0.25) is 0 Å². The molecule has 6 nitrogen and oxygen atoms in total. The van der Waals surface area contributed by atoms with Gasteiger partial charge in [-0.3, -0.25) is 4.57 Å². The second-order valence-electron chi connectivity index (χ2n) is 14.3. The van der Waals surface area contributed by atoms with Crippen molar-refractivity contribution in [2.45, 2.75) is 0 Å². The van der Waals surface area contributed by atoms with Crippen molar-refractivity contribution in [1.82, 2.24) is 24.4 Å². The Morgan fingerprint density at radius 2 is 0.772 bits per heavy atom. The Bertz CT molecular complexity index is 2910. The van der Waals surface area contributed by atoms with Crippen LogP contribution in [0.5, 0.6) is 0 Å². The lowest BCUT2D eigenvalue weighted by Crippen LogP contribution is -2.74. The number of nitrogens with zero attached hydrogens (tertiary/aromatic N) is 6. The van der Waals surface area contributed by atoms with Crippen molar-refractivity contribution >= 4 is 72.4 Å². The molecule has 0 radical (unpaired) electrons. The Kier molecular flexibility index (Phi) is 7.72. The first-order valence-corrected chi connectivity index (χ1v) is 21.2. The number of benzene rings is 8. The summed E-state index contributed by atoms with van der Waals surface area (Å²) in [5.74, 6) is 1.10. The van der Waals surface area contributed by atoms with Crippen LogP contribution in [-0.4, -0.2) is 32.5 Å². The van der Waals surface area contributed by atoms with Crippen molar-refractivity contribution in [3.8, 4) is 17.3 Å². The van der Waals surface area contributed by atoms with Gasteiger partial charge in [-0.2, -0.15) is 4.98 Å². The lowest BCUT2D eigenvalue weighted by molar-refractivity contribution is -0.828. The molecule has 0 aliphatic carbocycles. The minimum absolute atomic E-state index is 0.530. The summed E-state index contributed by atoms with van der Waals surface area (Å²) in [7, 11) is -2.83. The number of hydrogen-bond acceptors (Lipinski definition) is 3. The fourth-order valence-electron chi connectivity index (χ4n) is 8.82. The van der Waals surface area contributed by atoms with Crippen LogP contribution in [0.1, 0.15) is 0 Å². The van der Waals surface area contributed by atoms with E-state index in [0.29, 0.717) is 11.8 Å². The van der Waals surface area contributed by atoms with E-state index in [0.717, 1.165) is 49.2 Å². The minimum Gasteiger partial charge on any atom is -0.273 e. The molecule has 0 saturated heterocycles. The van der Waals surface area contributed by atoms with Crippen LogP contribution >= 0.6 is 0 Å². The smallest absolute Gasteiger partial charge is 0.273 e. The fourth-order valence-corrected chi connectivity index (χ4v) is 13.6. The van der Waals surface area contributed by atoms with Gasteiger partial charge in [0.15, 0.2) is 13.0 Å². The first-order chi connectivity index (χ1) is 28.3. The summed E-state index contributed by atoms with van der Waals surface area (Å²) in [4.78, 5) is 7.12. The van der Waals surface area contributed by atoms with Crippen LogP contribution in [0.3, 0.4) is 0 Å². The molecule has 11 rings (SSSR count). The highest BCUT2D eigenvalue weighted by molar-refractivity contribution is 7.19. The van der Waals surface area contributed by atoms with Crippen LogP contribution < -0.4 is 25.7 Å². The predicted molar refractivity (Wildman–Crippen MR) is 234 cm³/mol. The largest absolute Gasteiger partial charge is 0.308 e. The van der Waals surface area contributed by atoms with Crippen LogP contribution in [0.4, 0.5) is 0 Å². The second kappa shape index (κ2) is 13.4. The standard InChI is InChI=1S/C50H35N6Si/c1-4-20-37(21-5-1)57(38-22-6-2-7-23-38,39-24-8-3-9-25-39)40-26-18-19-36(35-40)49-51-50(54-45-31-14-10-27-41(45)42-28-11-15-32-46(42)54)53-56(52-49)55-47-33-16-12-29-43(47)44-30-13-17-34-48(44)55/h1-35H/q+1. The molecule has 57 heavy (non-hydrogen) atoms. The van der Waals surface area contributed by atoms with E-state index < -0.39 is 8.07 Å². The molecule has 0 atom stereocenters. The van der Waals surface area contributed by atoms with Crippen molar-refractivity contribution in [2.75, 3.05) is 0 Å². The van der Waals surface area contributed by atoms with Gasteiger partial charge in [0.25, 0.3) is 0 Å². The first-order valence-electron chi connectivity index (χ1n) is 19.2. The molecule has 0 unspecified atom stereocenters. The summed E-state index contributed by atoms with van der Waals surface area (Å²) in [6, 6.07) is 75.7. The Labute approximate surface area is 330 Å². The number of aromatic nitrogens is 6. The minimum atomic E-state index is -2.83. The number of hydrogen-bond donors (Lipinski definition) is 0. The molecule has 0 N–H and O–H groups in total. The van der Waals surface area contributed by atoms with E-state index in [1.54, 1.807) is 4.91 Å². The van der Waals surface area contributed by atoms with Crippen molar-refractivity contribution in [3.63, 3.8) is 0 Å². The highest BCUT2D eigenvalue weighted by Gasteiger charge is 2.41. The maximum Gasteiger partial charge on any atom is 0.308 e. The van der Waals surface area contributed by atoms with E-state index in [2.05, 4.69) is 222 Å². The van der Waals surface area contributed by atoms with Crippen LogP contribution in [-0.2, 0) is 0 Å². The zero-order valence-electron chi connectivity index (χ0n) is 30.9. The molecule has 0 aliphatic heterocycles. The third-order valence-electron chi connectivity index (χ3n) is 11.3. The van der Waals surface area contributed by atoms with Gasteiger partial charge in [0.1, 0.15) is 16.1 Å². The summed E-state index contributed by atoms with van der Waals surface area (Å²) in [6.45, 7) is 0. The third kappa shape index (κ3) is 5.17. The van der Waals surface area contributed by atoms with Gasteiger partial charge in [0, 0.05) is 27.1 Å². The monoisotopic (exact) mass is 747 g/mol. The summed E-state index contributed by atoms with van der Waals surface area (Å²) in [5, 5.41) is 20.3. The summed E-state index contributed by atoms with van der Waals surface area (Å²) in [5.41, 5.74) is 4.98. The first kappa shape index (κ1) is 32.9. The maximum atomic E-state index is 5.38. The zero-order valence-corrected chi connectivity index (χ0v) is 31.9. The second-order valence-corrected chi connectivity index (χ2v) is 18.2. The van der Waals surface area contributed by atoms with E-state index in [1.165, 1.54) is 20.7 Å².